The lowest BCUT2D eigenvalue weighted by molar-refractivity contribution is -0.184. The number of ether oxygens (including phenoxy) is 1. The van der Waals surface area contributed by atoms with Gasteiger partial charge < -0.3 is 10.1 Å². The van der Waals surface area contributed by atoms with E-state index >= 15 is 0 Å². The first-order valence-electron chi connectivity index (χ1n) is 7.17. The highest BCUT2D eigenvalue weighted by Gasteiger charge is 2.45. The van der Waals surface area contributed by atoms with E-state index in [0.717, 1.165) is 6.42 Å². The molecule has 1 aromatic carbocycles. The minimum Gasteiger partial charge on any atom is -0.492 e. The summed E-state index contributed by atoms with van der Waals surface area (Å²) in [7, 11) is 0. The number of benzene rings is 1. The van der Waals surface area contributed by atoms with Crippen LogP contribution in [0.25, 0.3) is 0 Å². The van der Waals surface area contributed by atoms with Gasteiger partial charge in [0.15, 0.2) is 0 Å². The van der Waals surface area contributed by atoms with Gasteiger partial charge in [-0.3, -0.25) is 0 Å². The van der Waals surface area contributed by atoms with Crippen molar-refractivity contribution in [1.82, 2.24) is 0 Å². The molecule has 0 spiro atoms. The van der Waals surface area contributed by atoms with Crippen LogP contribution in [0.1, 0.15) is 32.6 Å². The molecule has 1 aromatic rings. The minimum absolute atomic E-state index is 0.172. The van der Waals surface area contributed by atoms with Crippen LogP contribution in [0.4, 0.5) is 18.9 Å². The standard InChI is InChI=1S/C15H19ClF3NO/c1-2-21-14-8-7-10(16)9-13(14)20-12-6-4-3-5-11(12)15(17,18)19/h7-9,11-12,20H,2-6H2,1H3. The molecule has 0 aliphatic heterocycles. The average molecular weight is 322 g/mol. The Morgan fingerprint density at radius 1 is 1.29 bits per heavy atom. The van der Waals surface area contributed by atoms with Gasteiger partial charge in [0.05, 0.1) is 18.2 Å². The number of anilines is 1. The van der Waals surface area contributed by atoms with Crippen LogP contribution in [0.3, 0.4) is 0 Å². The van der Waals surface area contributed by atoms with E-state index in [-0.39, 0.29) is 6.42 Å². The second-order valence-corrected chi connectivity index (χ2v) is 5.69. The quantitative estimate of drug-likeness (QED) is 0.815. The number of halogens is 4. The van der Waals surface area contributed by atoms with Crippen molar-refractivity contribution in [2.45, 2.75) is 44.8 Å². The molecule has 0 saturated heterocycles. The number of nitrogens with one attached hydrogen (secondary N) is 1. The maximum atomic E-state index is 13.1. The molecule has 2 unspecified atom stereocenters. The fourth-order valence-electron chi connectivity index (χ4n) is 2.79. The van der Waals surface area contributed by atoms with Crippen molar-refractivity contribution in [3.8, 4) is 5.75 Å². The average Bonchev–Trinajstić information content (AvgIpc) is 2.41. The Hall–Kier alpha value is -1.10. The van der Waals surface area contributed by atoms with Crippen molar-refractivity contribution in [3.63, 3.8) is 0 Å². The van der Waals surface area contributed by atoms with Crippen LogP contribution in [0.15, 0.2) is 18.2 Å². The van der Waals surface area contributed by atoms with Crippen LogP contribution in [0.5, 0.6) is 5.75 Å². The van der Waals surface area contributed by atoms with Gasteiger partial charge in [0.2, 0.25) is 0 Å². The molecule has 6 heteroatoms. The zero-order valence-corrected chi connectivity index (χ0v) is 12.6. The maximum Gasteiger partial charge on any atom is 0.393 e. The molecule has 0 bridgehead atoms. The van der Waals surface area contributed by atoms with E-state index in [1.165, 1.54) is 0 Å². The number of hydrogen-bond donors (Lipinski definition) is 1. The first-order chi connectivity index (χ1) is 9.91. The summed E-state index contributed by atoms with van der Waals surface area (Å²) in [5.41, 5.74) is 0.533. The van der Waals surface area contributed by atoms with Gasteiger partial charge >= 0.3 is 6.18 Å². The maximum absolute atomic E-state index is 13.1. The Balaban J connectivity index is 2.20. The topological polar surface area (TPSA) is 21.3 Å². The molecule has 2 rings (SSSR count). The van der Waals surface area contributed by atoms with Gasteiger partial charge in [0, 0.05) is 11.1 Å². The predicted octanol–water partition coefficient (Wildman–Crippen LogP) is 5.27. The number of rotatable bonds is 4. The Bertz CT molecular complexity index is 478. The molecule has 1 aliphatic rings. The summed E-state index contributed by atoms with van der Waals surface area (Å²) in [5.74, 6) is -0.784. The third-order valence-corrected chi connectivity index (χ3v) is 4.00. The van der Waals surface area contributed by atoms with Crippen molar-refractivity contribution in [3.05, 3.63) is 23.2 Å². The monoisotopic (exact) mass is 321 g/mol. The highest BCUT2D eigenvalue weighted by molar-refractivity contribution is 6.30. The molecule has 1 aliphatic carbocycles. The molecule has 0 amide bonds. The van der Waals surface area contributed by atoms with E-state index in [9.17, 15) is 13.2 Å². The largest absolute Gasteiger partial charge is 0.492 e. The molecule has 2 atom stereocenters. The first-order valence-corrected chi connectivity index (χ1v) is 7.55. The predicted molar refractivity (Wildman–Crippen MR) is 78.0 cm³/mol. The zero-order chi connectivity index (χ0) is 15.5. The first kappa shape index (κ1) is 16.3. The van der Waals surface area contributed by atoms with Gasteiger partial charge in [-0.1, -0.05) is 24.4 Å². The Labute approximate surface area is 127 Å². The molecule has 1 saturated carbocycles. The van der Waals surface area contributed by atoms with E-state index in [1.54, 1.807) is 18.2 Å². The lowest BCUT2D eigenvalue weighted by Crippen LogP contribution is -2.41. The summed E-state index contributed by atoms with van der Waals surface area (Å²) in [6.45, 7) is 2.28. The molecule has 0 aromatic heterocycles. The Morgan fingerprint density at radius 2 is 2.00 bits per heavy atom. The van der Waals surface area contributed by atoms with Crippen molar-refractivity contribution in [2.75, 3.05) is 11.9 Å². The SMILES string of the molecule is CCOc1ccc(Cl)cc1NC1CCCCC1C(F)(F)F. The molecule has 0 heterocycles. The van der Waals surface area contributed by atoms with Crippen LogP contribution >= 0.6 is 11.6 Å². The fourth-order valence-corrected chi connectivity index (χ4v) is 2.96. The third-order valence-electron chi connectivity index (χ3n) is 3.77. The lowest BCUT2D eigenvalue weighted by atomic mass is 9.84. The van der Waals surface area contributed by atoms with Gasteiger partial charge in [-0.25, -0.2) is 0 Å². The summed E-state index contributed by atoms with van der Waals surface area (Å²) in [5, 5.41) is 3.47. The molecule has 0 radical (unpaired) electrons. The van der Waals surface area contributed by atoms with Gasteiger partial charge in [-0.2, -0.15) is 13.2 Å². The molecule has 1 fully saturated rings. The third kappa shape index (κ3) is 4.19. The minimum atomic E-state index is -4.18. The van der Waals surface area contributed by atoms with Crippen molar-refractivity contribution < 1.29 is 17.9 Å². The zero-order valence-electron chi connectivity index (χ0n) is 11.8. The summed E-state index contributed by atoms with van der Waals surface area (Å²) in [6, 6.07) is 4.34. The second-order valence-electron chi connectivity index (χ2n) is 5.26. The van der Waals surface area contributed by atoms with Crippen molar-refractivity contribution >= 4 is 17.3 Å². The molecular weight excluding hydrogens is 303 g/mol. The highest BCUT2D eigenvalue weighted by Crippen LogP contribution is 2.40. The molecule has 2 nitrogen and oxygen atoms in total. The van der Waals surface area contributed by atoms with Crippen LogP contribution in [-0.4, -0.2) is 18.8 Å². The Morgan fingerprint density at radius 3 is 2.67 bits per heavy atom. The van der Waals surface area contributed by atoms with Crippen LogP contribution in [0, 0.1) is 5.92 Å². The molecular formula is C15H19ClF3NO. The van der Waals surface area contributed by atoms with Crippen LogP contribution in [-0.2, 0) is 0 Å². The second kappa shape index (κ2) is 6.77. The van der Waals surface area contributed by atoms with Crippen molar-refractivity contribution in [2.24, 2.45) is 5.92 Å². The van der Waals surface area contributed by atoms with E-state index in [0.29, 0.717) is 35.9 Å². The van der Waals surface area contributed by atoms with Gasteiger partial charge in [-0.05, 0) is 38.0 Å². The van der Waals surface area contributed by atoms with E-state index in [2.05, 4.69) is 5.32 Å². The summed E-state index contributed by atoms with van der Waals surface area (Å²) < 4.78 is 44.8. The summed E-state index contributed by atoms with van der Waals surface area (Å²) >= 11 is 5.94. The number of hydrogen-bond acceptors (Lipinski definition) is 2. The lowest BCUT2D eigenvalue weighted by Gasteiger charge is -2.34. The smallest absolute Gasteiger partial charge is 0.393 e. The summed E-state index contributed by atoms with van der Waals surface area (Å²) in [6.07, 6.45) is -2.08. The molecule has 21 heavy (non-hydrogen) atoms. The molecule has 118 valence electrons. The highest BCUT2D eigenvalue weighted by atomic mass is 35.5. The number of alkyl halides is 3. The van der Waals surface area contributed by atoms with E-state index < -0.39 is 18.1 Å². The summed E-state index contributed by atoms with van der Waals surface area (Å²) in [4.78, 5) is 0. The van der Waals surface area contributed by atoms with Crippen LogP contribution in [0.2, 0.25) is 5.02 Å². The van der Waals surface area contributed by atoms with E-state index in [1.807, 2.05) is 6.92 Å². The van der Waals surface area contributed by atoms with E-state index in [4.69, 9.17) is 16.3 Å². The van der Waals surface area contributed by atoms with Gasteiger partial charge in [0.1, 0.15) is 5.75 Å². The normalized spacial score (nSPS) is 22.9. The fraction of sp³-hybridized carbons (Fsp3) is 0.600. The van der Waals surface area contributed by atoms with Crippen molar-refractivity contribution in [1.29, 1.82) is 0 Å². The van der Waals surface area contributed by atoms with Gasteiger partial charge in [-0.15, -0.1) is 0 Å². The Kier molecular flexibility index (Phi) is 5.25. The van der Waals surface area contributed by atoms with Crippen LogP contribution < -0.4 is 10.1 Å². The van der Waals surface area contributed by atoms with Gasteiger partial charge in [0.25, 0.3) is 0 Å². The molecule has 1 N–H and O–H groups in total.